The van der Waals surface area contributed by atoms with Gasteiger partial charge in [-0.15, -0.1) is 0 Å². The molecule has 0 radical (unpaired) electrons. The summed E-state index contributed by atoms with van der Waals surface area (Å²) in [6.45, 7) is 0. The lowest BCUT2D eigenvalue weighted by atomic mass is 9.92. The normalized spacial score (nSPS) is 11.6. The van der Waals surface area contributed by atoms with Crippen LogP contribution in [0.3, 0.4) is 0 Å². The molecule has 286 valence electrons. The summed E-state index contributed by atoms with van der Waals surface area (Å²) >= 11 is 0. The smallest absolute Gasteiger partial charge is 0.159 e. The molecule has 10 aromatic carbocycles. The summed E-state index contributed by atoms with van der Waals surface area (Å²) in [7, 11) is 0. The second-order valence-electron chi connectivity index (χ2n) is 15.7. The van der Waals surface area contributed by atoms with Crippen LogP contribution in [-0.4, -0.2) is 4.57 Å². The SMILES string of the molecule is c1ccc(-c2ccc(N(c3cccc(-c4ccccc4)c3)c3cccc4c3oc3cc(-c5cccc6c5c5ccccc5n6-c5ccccc5)c5ccccc5c34)cc2)cc1. The van der Waals surface area contributed by atoms with Crippen LogP contribution in [0.5, 0.6) is 0 Å². The van der Waals surface area contributed by atoms with Gasteiger partial charge in [-0.1, -0.05) is 170 Å². The van der Waals surface area contributed by atoms with Crippen molar-refractivity contribution in [3.63, 3.8) is 0 Å². The number of benzene rings is 10. The van der Waals surface area contributed by atoms with Crippen molar-refractivity contribution < 1.29 is 4.42 Å². The standard InChI is InChI=1S/C58H38N2O/c1-4-17-39(18-5-1)41-33-35-44(36-34-41)59(45-24-14-21-42(37-45)40-19-6-2-7-20-40)54-32-16-29-50-57-47-26-11-10-25-46(47)51(38-55(57)61-58(50)54)48-28-15-31-53-56(48)49-27-12-13-30-52(49)60(53)43-22-8-3-9-23-43/h1-38H. The highest BCUT2D eigenvalue weighted by atomic mass is 16.3. The molecule has 0 amide bonds. The van der Waals surface area contributed by atoms with Gasteiger partial charge >= 0.3 is 0 Å². The third kappa shape index (κ3) is 5.74. The van der Waals surface area contributed by atoms with E-state index in [1.54, 1.807) is 0 Å². The van der Waals surface area contributed by atoms with Crippen LogP contribution in [-0.2, 0) is 0 Å². The predicted molar refractivity (Wildman–Crippen MR) is 257 cm³/mol. The molecule has 0 N–H and O–H groups in total. The average Bonchev–Trinajstić information content (AvgIpc) is 3.89. The molecule has 0 unspecified atom stereocenters. The molecule has 0 saturated heterocycles. The average molecular weight is 779 g/mol. The Labute approximate surface area is 353 Å². The molecule has 0 saturated carbocycles. The Morgan fingerprint density at radius 3 is 1.69 bits per heavy atom. The summed E-state index contributed by atoms with van der Waals surface area (Å²) in [5, 5.41) is 7.01. The van der Waals surface area contributed by atoms with Gasteiger partial charge in [0.2, 0.25) is 0 Å². The first-order valence-electron chi connectivity index (χ1n) is 20.8. The molecule has 12 rings (SSSR count). The molecule has 0 atom stereocenters. The zero-order chi connectivity index (χ0) is 40.3. The number of hydrogen-bond donors (Lipinski definition) is 0. The quantitative estimate of drug-likeness (QED) is 0.161. The Bertz CT molecular complexity index is 3570. The van der Waals surface area contributed by atoms with Crippen molar-refractivity contribution in [2.24, 2.45) is 0 Å². The number of furan rings is 1. The highest BCUT2D eigenvalue weighted by molar-refractivity contribution is 6.26. The molecule has 0 spiro atoms. The van der Waals surface area contributed by atoms with Crippen LogP contribution in [0.1, 0.15) is 0 Å². The van der Waals surface area contributed by atoms with Crippen LogP contribution < -0.4 is 4.90 Å². The molecular weight excluding hydrogens is 741 g/mol. The molecule has 0 aliphatic heterocycles. The van der Waals surface area contributed by atoms with Gasteiger partial charge in [-0.2, -0.15) is 0 Å². The largest absolute Gasteiger partial charge is 0.454 e. The Hall–Kier alpha value is -8.14. The zero-order valence-corrected chi connectivity index (χ0v) is 33.2. The first kappa shape index (κ1) is 34.9. The minimum absolute atomic E-state index is 0.843. The molecule has 0 fully saturated rings. The van der Waals surface area contributed by atoms with E-state index in [1.165, 1.54) is 54.8 Å². The van der Waals surface area contributed by atoms with E-state index in [2.05, 4.69) is 240 Å². The van der Waals surface area contributed by atoms with Crippen LogP contribution in [0, 0.1) is 0 Å². The van der Waals surface area contributed by atoms with Gasteiger partial charge < -0.3 is 13.9 Å². The third-order valence-electron chi connectivity index (χ3n) is 12.2. The van der Waals surface area contributed by atoms with Crippen LogP contribution in [0.2, 0.25) is 0 Å². The van der Waals surface area contributed by atoms with Crippen LogP contribution in [0.25, 0.3) is 93.6 Å². The van der Waals surface area contributed by atoms with Gasteiger partial charge in [0.1, 0.15) is 5.58 Å². The molecule has 2 aromatic heterocycles. The number of hydrogen-bond acceptors (Lipinski definition) is 2. The van der Waals surface area contributed by atoms with E-state index in [9.17, 15) is 0 Å². The fourth-order valence-corrected chi connectivity index (χ4v) is 9.46. The first-order chi connectivity index (χ1) is 30.3. The number of para-hydroxylation sites is 3. The lowest BCUT2D eigenvalue weighted by molar-refractivity contribution is 0.669. The van der Waals surface area contributed by atoms with E-state index in [-0.39, 0.29) is 0 Å². The maximum absolute atomic E-state index is 7.21. The summed E-state index contributed by atoms with van der Waals surface area (Å²) in [6.07, 6.45) is 0. The van der Waals surface area contributed by atoms with E-state index in [0.29, 0.717) is 0 Å². The van der Waals surface area contributed by atoms with Crippen LogP contribution >= 0.6 is 0 Å². The second-order valence-corrected chi connectivity index (χ2v) is 15.7. The Morgan fingerprint density at radius 1 is 0.344 bits per heavy atom. The summed E-state index contributed by atoms with van der Waals surface area (Å²) in [5.41, 5.74) is 15.3. The van der Waals surface area contributed by atoms with Crippen molar-refractivity contribution in [2.75, 3.05) is 4.90 Å². The third-order valence-corrected chi connectivity index (χ3v) is 12.2. The van der Waals surface area contributed by atoms with E-state index < -0.39 is 0 Å². The fourth-order valence-electron chi connectivity index (χ4n) is 9.46. The second kappa shape index (κ2) is 14.3. The maximum Gasteiger partial charge on any atom is 0.159 e. The minimum atomic E-state index is 0.843. The number of fused-ring (bicyclic) bond motifs is 8. The fraction of sp³-hybridized carbons (Fsp3) is 0. The van der Waals surface area contributed by atoms with Gasteiger partial charge in [0.25, 0.3) is 0 Å². The molecular formula is C58H38N2O. The van der Waals surface area contributed by atoms with E-state index in [4.69, 9.17) is 4.42 Å². The van der Waals surface area contributed by atoms with Crippen molar-refractivity contribution in [1.82, 2.24) is 4.57 Å². The monoisotopic (exact) mass is 778 g/mol. The lowest BCUT2D eigenvalue weighted by Crippen LogP contribution is -2.10. The maximum atomic E-state index is 7.21. The van der Waals surface area contributed by atoms with Crippen molar-refractivity contribution in [1.29, 1.82) is 0 Å². The lowest BCUT2D eigenvalue weighted by Gasteiger charge is -2.26. The number of nitrogens with zero attached hydrogens (tertiary/aromatic N) is 2. The van der Waals surface area contributed by atoms with Gasteiger partial charge in [0, 0.05) is 38.6 Å². The molecule has 2 heterocycles. The summed E-state index contributed by atoms with van der Waals surface area (Å²) in [6, 6.07) is 82.6. The molecule has 3 heteroatoms. The Morgan fingerprint density at radius 2 is 0.918 bits per heavy atom. The van der Waals surface area contributed by atoms with Crippen LogP contribution in [0.15, 0.2) is 235 Å². The molecule has 12 aromatic rings. The zero-order valence-electron chi connectivity index (χ0n) is 33.2. The molecule has 0 bridgehead atoms. The van der Waals surface area contributed by atoms with E-state index >= 15 is 0 Å². The summed E-state index contributed by atoms with van der Waals surface area (Å²) in [4.78, 5) is 2.34. The highest BCUT2D eigenvalue weighted by Gasteiger charge is 2.23. The molecule has 3 nitrogen and oxygen atoms in total. The van der Waals surface area contributed by atoms with Crippen molar-refractivity contribution in [3.8, 4) is 39.1 Å². The van der Waals surface area contributed by atoms with Gasteiger partial charge in [-0.25, -0.2) is 0 Å². The molecule has 61 heavy (non-hydrogen) atoms. The summed E-state index contributed by atoms with van der Waals surface area (Å²) < 4.78 is 9.60. The van der Waals surface area contributed by atoms with Crippen LogP contribution in [0.4, 0.5) is 17.1 Å². The van der Waals surface area contributed by atoms with Crippen molar-refractivity contribution in [2.45, 2.75) is 0 Å². The van der Waals surface area contributed by atoms with E-state index in [0.717, 1.165) is 55.8 Å². The van der Waals surface area contributed by atoms with Gasteiger partial charge in [0.15, 0.2) is 5.58 Å². The number of rotatable bonds is 7. The van der Waals surface area contributed by atoms with Gasteiger partial charge in [-0.05, 0) is 105 Å². The van der Waals surface area contributed by atoms with Crippen molar-refractivity contribution >= 4 is 71.6 Å². The minimum Gasteiger partial charge on any atom is -0.454 e. The molecule has 0 aliphatic carbocycles. The van der Waals surface area contributed by atoms with Gasteiger partial charge in [-0.3, -0.25) is 0 Å². The van der Waals surface area contributed by atoms with E-state index in [1.807, 2.05) is 0 Å². The Balaban J connectivity index is 1.09. The predicted octanol–water partition coefficient (Wildman–Crippen LogP) is 16.3. The number of anilines is 3. The summed E-state index contributed by atoms with van der Waals surface area (Å²) in [5.74, 6) is 0. The topological polar surface area (TPSA) is 21.3 Å². The highest BCUT2D eigenvalue weighted by Crippen LogP contribution is 2.48. The first-order valence-corrected chi connectivity index (χ1v) is 20.8. The number of aromatic nitrogens is 1. The van der Waals surface area contributed by atoms with Gasteiger partial charge in [0.05, 0.1) is 16.7 Å². The molecule has 0 aliphatic rings. The van der Waals surface area contributed by atoms with Crippen molar-refractivity contribution in [3.05, 3.63) is 231 Å². The Kier molecular flexibility index (Phi) is 8.17.